The van der Waals surface area contributed by atoms with E-state index in [1.807, 2.05) is 103 Å². The fourth-order valence-corrected chi connectivity index (χ4v) is 4.12. The zero-order chi connectivity index (χ0) is 24.2. The van der Waals surface area contributed by atoms with Gasteiger partial charge >= 0.3 is 0 Å². The molecule has 0 spiro atoms. The van der Waals surface area contributed by atoms with Crippen molar-refractivity contribution in [3.8, 4) is 16.9 Å². The van der Waals surface area contributed by atoms with E-state index < -0.39 is 0 Å². The maximum absolute atomic E-state index is 13.1. The second kappa shape index (κ2) is 9.97. The number of hydrogen-bond acceptors (Lipinski definition) is 3. The van der Waals surface area contributed by atoms with Gasteiger partial charge in [0.05, 0.1) is 12.1 Å². The van der Waals surface area contributed by atoms with Gasteiger partial charge in [0.15, 0.2) is 0 Å². The van der Waals surface area contributed by atoms with Crippen molar-refractivity contribution < 1.29 is 9.59 Å². The molecule has 1 aliphatic rings. The number of aromatic nitrogens is 2. The normalized spacial score (nSPS) is 12.8. The first-order valence-electron chi connectivity index (χ1n) is 11.9. The molecule has 0 atom stereocenters. The van der Waals surface area contributed by atoms with Crippen LogP contribution in [0.15, 0.2) is 91.1 Å². The van der Waals surface area contributed by atoms with E-state index in [4.69, 9.17) is 4.98 Å². The number of hydrogen-bond donors (Lipinski definition) is 1. The van der Waals surface area contributed by atoms with Crippen LogP contribution in [0.3, 0.4) is 0 Å². The third-order valence-corrected chi connectivity index (χ3v) is 6.16. The fraction of sp³-hybridized carbons (Fsp3) is 0.207. The van der Waals surface area contributed by atoms with Gasteiger partial charge in [0.25, 0.3) is 0 Å². The molecule has 1 N–H and O–H groups in total. The monoisotopic (exact) mass is 464 g/mol. The van der Waals surface area contributed by atoms with Gasteiger partial charge in [-0.15, -0.1) is 0 Å². The predicted octanol–water partition coefficient (Wildman–Crippen LogP) is 5.02. The molecule has 1 aromatic heterocycles. The number of rotatable bonds is 8. The summed E-state index contributed by atoms with van der Waals surface area (Å²) in [4.78, 5) is 32.6. The average molecular weight is 465 g/mol. The Bertz CT molecular complexity index is 1310. The van der Waals surface area contributed by atoms with Gasteiger partial charge in [0, 0.05) is 23.5 Å². The minimum absolute atomic E-state index is 0.0117. The Morgan fingerprint density at radius 3 is 2.26 bits per heavy atom. The second-order valence-corrected chi connectivity index (χ2v) is 8.98. The Morgan fingerprint density at radius 2 is 1.60 bits per heavy atom. The molecule has 3 aromatic carbocycles. The summed E-state index contributed by atoms with van der Waals surface area (Å²) in [5.74, 6) is 0.154. The molecule has 6 nitrogen and oxygen atoms in total. The summed E-state index contributed by atoms with van der Waals surface area (Å²) >= 11 is 0. The second-order valence-electron chi connectivity index (χ2n) is 8.98. The highest BCUT2D eigenvalue weighted by molar-refractivity contribution is 5.94. The van der Waals surface area contributed by atoms with Crippen LogP contribution in [-0.2, 0) is 16.0 Å². The summed E-state index contributed by atoms with van der Waals surface area (Å²) in [5, 5.41) is 2.96. The Labute approximate surface area is 205 Å². The first kappa shape index (κ1) is 22.6. The van der Waals surface area contributed by atoms with Crippen LogP contribution in [-0.4, -0.2) is 38.9 Å². The largest absolute Gasteiger partial charge is 0.330 e. The fourth-order valence-electron chi connectivity index (χ4n) is 4.12. The van der Waals surface area contributed by atoms with Gasteiger partial charge in [0.1, 0.15) is 6.54 Å². The molecule has 1 aliphatic carbocycles. The van der Waals surface area contributed by atoms with E-state index in [1.165, 1.54) is 0 Å². The summed E-state index contributed by atoms with van der Waals surface area (Å²) in [6.07, 6.45) is 4.09. The molecule has 1 fully saturated rings. The molecule has 5 rings (SSSR count). The summed E-state index contributed by atoms with van der Waals surface area (Å²) < 4.78 is 1.88. The van der Waals surface area contributed by atoms with Gasteiger partial charge in [-0.1, -0.05) is 78.4 Å². The minimum atomic E-state index is -0.253. The standard InChI is InChI=1S/C29H28N4O2/c1-21-12-14-25(15-13-21)33-19-26(23-10-6-3-7-11-23)30-29(33)31-27(34)20-32(24-16-17-24)28(35)18-22-8-4-2-5-9-22/h2-15,19,24H,16-18,20H2,1H3,(H,30,31,34). The van der Waals surface area contributed by atoms with Gasteiger partial charge < -0.3 is 4.90 Å². The topological polar surface area (TPSA) is 67.2 Å². The number of nitrogens with zero attached hydrogens (tertiary/aromatic N) is 3. The van der Waals surface area contributed by atoms with Crippen LogP contribution >= 0.6 is 0 Å². The molecule has 0 radical (unpaired) electrons. The highest BCUT2D eigenvalue weighted by Crippen LogP contribution is 2.28. The molecular weight excluding hydrogens is 436 g/mol. The number of carbonyl (C=O) groups is 2. The van der Waals surface area contributed by atoms with Crippen molar-refractivity contribution in [2.45, 2.75) is 32.2 Å². The number of aryl methyl sites for hydroxylation is 1. The lowest BCUT2D eigenvalue weighted by Crippen LogP contribution is -2.40. The summed E-state index contributed by atoms with van der Waals surface area (Å²) in [7, 11) is 0. The van der Waals surface area contributed by atoms with Crippen molar-refractivity contribution in [3.05, 3.63) is 102 Å². The maximum Gasteiger partial charge on any atom is 0.246 e. The SMILES string of the molecule is Cc1ccc(-n2cc(-c3ccccc3)nc2NC(=O)CN(C(=O)Cc2ccccc2)C2CC2)cc1. The summed E-state index contributed by atoms with van der Waals surface area (Å²) in [6, 6.07) is 27.7. The number of carbonyl (C=O) groups excluding carboxylic acids is 2. The molecule has 35 heavy (non-hydrogen) atoms. The van der Waals surface area contributed by atoms with Crippen LogP contribution < -0.4 is 5.32 Å². The van der Waals surface area contributed by atoms with Crippen LogP contribution in [0.4, 0.5) is 5.95 Å². The van der Waals surface area contributed by atoms with Crippen LogP contribution in [0.1, 0.15) is 24.0 Å². The quantitative estimate of drug-likeness (QED) is 0.398. The van der Waals surface area contributed by atoms with E-state index in [1.54, 1.807) is 4.90 Å². The first-order valence-corrected chi connectivity index (χ1v) is 11.9. The van der Waals surface area contributed by atoms with Crippen molar-refractivity contribution in [2.24, 2.45) is 0 Å². The highest BCUT2D eigenvalue weighted by Gasteiger charge is 2.34. The molecule has 1 saturated carbocycles. The van der Waals surface area contributed by atoms with Gasteiger partial charge in [-0.25, -0.2) is 4.98 Å². The lowest BCUT2D eigenvalue weighted by molar-refractivity contribution is -0.134. The third kappa shape index (κ3) is 5.49. The molecule has 0 aliphatic heterocycles. The molecule has 0 bridgehead atoms. The van der Waals surface area contributed by atoms with Gasteiger partial charge in [-0.2, -0.15) is 0 Å². The van der Waals surface area contributed by atoms with Crippen LogP contribution in [0.5, 0.6) is 0 Å². The van der Waals surface area contributed by atoms with E-state index in [0.717, 1.165) is 40.9 Å². The van der Waals surface area contributed by atoms with Gasteiger partial charge in [-0.3, -0.25) is 19.5 Å². The van der Waals surface area contributed by atoms with Crippen molar-refractivity contribution in [3.63, 3.8) is 0 Å². The molecule has 0 saturated heterocycles. The van der Waals surface area contributed by atoms with Gasteiger partial charge in [-0.05, 0) is 37.5 Å². The lowest BCUT2D eigenvalue weighted by Gasteiger charge is -2.22. The zero-order valence-electron chi connectivity index (χ0n) is 19.7. The number of anilines is 1. The molecule has 2 amide bonds. The highest BCUT2D eigenvalue weighted by atomic mass is 16.2. The Morgan fingerprint density at radius 1 is 0.943 bits per heavy atom. The molecule has 1 heterocycles. The molecule has 176 valence electrons. The van der Waals surface area contributed by atoms with E-state index in [2.05, 4.69) is 5.32 Å². The number of nitrogens with one attached hydrogen (secondary N) is 1. The molecule has 4 aromatic rings. The van der Waals surface area contributed by atoms with E-state index in [0.29, 0.717) is 12.4 Å². The maximum atomic E-state index is 13.1. The van der Waals surface area contributed by atoms with Crippen molar-refractivity contribution in [1.29, 1.82) is 0 Å². The Hall–Kier alpha value is -4.19. The van der Waals surface area contributed by atoms with E-state index in [-0.39, 0.29) is 24.4 Å². The third-order valence-electron chi connectivity index (χ3n) is 6.16. The summed E-state index contributed by atoms with van der Waals surface area (Å²) in [5.41, 5.74) is 4.73. The van der Waals surface area contributed by atoms with Crippen molar-refractivity contribution >= 4 is 17.8 Å². The van der Waals surface area contributed by atoms with Crippen LogP contribution in [0.2, 0.25) is 0 Å². The summed E-state index contributed by atoms with van der Waals surface area (Å²) in [6.45, 7) is 2.05. The average Bonchev–Trinajstić information content (AvgIpc) is 3.64. The van der Waals surface area contributed by atoms with E-state index >= 15 is 0 Å². The molecule has 0 unspecified atom stereocenters. The number of benzene rings is 3. The zero-order valence-corrected chi connectivity index (χ0v) is 19.7. The molecular formula is C29H28N4O2. The van der Waals surface area contributed by atoms with Crippen molar-refractivity contribution in [1.82, 2.24) is 14.5 Å². The number of imidazole rings is 1. The predicted molar refractivity (Wildman–Crippen MR) is 137 cm³/mol. The minimum Gasteiger partial charge on any atom is -0.330 e. The van der Waals surface area contributed by atoms with Crippen LogP contribution in [0.25, 0.3) is 16.9 Å². The van der Waals surface area contributed by atoms with E-state index in [9.17, 15) is 9.59 Å². The molecule has 6 heteroatoms. The Kier molecular flexibility index (Phi) is 6.44. The van der Waals surface area contributed by atoms with Gasteiger partial charge in [0.2, 0.25) is 17.8 Å². The van der Waals surface area contributed by atoms with Crippen LogP contribution in [0, 0.1) is 6.92 Å². The Balaban J connectivity index is 1.37. The smallest absolute Gasteiger partial charge is 0.246 e. The number of amides is 2. The lowest BCUT2D eigenvalue weighted by atomic mass is 10.1. The first-order chi connectivity index (χ1) is 17.1. The van der Waals surface area contributed by atoms with Crippen molar-refractivity contribution in [2.75, 3.05) is 11.9 Å².